The standard InChI is InChI=1S/C35H37N5/c1-16-17(2)27-12-29-20(5)21(6)31(38-29)14-33-24(9)25(10)35(40-33)15-34-23(8)22(7)32(39-34)13-30-19(4)18(3)28(37-30)11-26(16)36-27/h11-15,36-37H,1-10H3. The lowest BCUT2D eigenvalue weighted by Crippen LogP contribution is -1.83. The van der Waals surface area contributed by atoms with Crippen LogP contribution in [-0.2, 0) is 0 Å². The predicted molar refractivity (Wildman–Crippen MR) is 170 cm³/mol. The molecule has 0 atom stereocenters. The molecule has 0 radical (unpaired) electrons. The molecule has 5 heteroatoms. The number of nitrogens with one attached hydrogen (secondary N) is 2. The molecule has 0 spiro atoms. The van der Waals surface area contributed by atoms with Crippen molar-refractivity contribution in [1.82, 2.24) is 24.9 Å². The highest BCUT2D eigenvalue weighted by Gasteiger charge is 2.19. The van der Waals surface area contributed by atoms with Gasteiger partial charge in [-0.15, -0.1) is 0 Å². The van der Waals surface area contributed by atoms with Crippen LogP contribution >= 0.6 is 0 Å². The monoisotopic (exact) mass is 527 g/mol. The summed E-state index contributed by atoms with van der Waals surface area (Å²) in [6.07, 6.45) is 0. The summed E-state index contributed by atoms with van der Waals surface area (Å²) in [6.45, 7) is 21.6. The Bertz CT molecular complexity index is 1850. The first-order valence-electron chi connectivity index (χ1n) is 14.0. The highest BCUT2D eigenvalue weighted by molar-refractivity contribution is 5.95. The van der Waals surface area contributed by atoms with Gasteiger partial charge in [-0.3, -0.25) is 0 Å². The van der Waals surface area contributed by atoms with Crippen LogP contribution in [0.4, 0.5) is 0 Å². The van der Waals surface area contributed by atoms with Crippen molar-refractivity contribution in [2.45, 2.75) is 69.2 Å². The number of fused-ring (bicyclic) bond motifs is 10. The summed E-state index contributed by atoms with van der Waals surface area (Å²) in [5.41, 5.74) is 22.3. The molecule has 3 aromatic heterocycles. The zero-order valence-electron chi connectivity index (χ0n) is 25.2. The lowest BCUT2D eigenvalue weighted by atomic mass is 10.0. The Kier molecular flexibility index (Phi) is 5.95. The molecule has 6 rings (SSSR count). The number of aromatic amines is 2. The predicted octanol–water partition coefficient (Wildman–Crippen LogP) is 9.23. The van der Waals surface area contributed by atoms with Gasteiger partial charge in [0.1, 0.15) is 0 Å². The summed E-state index contributed by atoms with van der Waals surface area (Å²) in [5, 5.41) is 0. The van der Waals surface area contributed by atoms with E-state index in [-0.39, 0.29) is 0 Å². The van der Waals surface area contributed by atoms with Gasteiger partial charge in [0.25, 0.3) is 0 Å². The third-order valence-electron chi connectivity index (χ3n) is 9.39. The van der Waals surface area contributed by atoms with E-state index >= 15 is 0 Å². The molecule has 0 saturated heterocycles. The number of nitrogens with zero attached hydrogens (tertiary/aromatic N) is 3. The minimum atomic E-state index is 0.965. The van der Waals surface area contributed by atoms with Gasteiger partial charge in [-0.1, -0.05) is 0 Å². The Hall–Kier alpha value is -4.25. The molecule has 0 unspecified atom stereocenters. The lowest BCUT2D eigenvalue weighted by Gasteiger charge is -1.97. The average Bonchev–Trinajstić information content (AvgIpc) is 3.61. The molecule has 10 bridgehead atoms. The molecule has 6 heterocycles. The minimum Gasteiger partial charge on any atom is -0.355 e. The van der Waals surface area contributed by atoms with Crippen molar-refractivity contribution in [3.8, 4) is 0 Å². The van der Waals surface area contributed by atoms with E-state index in [2.05, 4.69) is 110 Å². The van der Waals surface area contributed by atoms with E-state index in [1.165, 1.54) is 55.7 Å². The number of hydrogen-bond donors (Lipinski definition) is 2. The Balaban J connectivity index is 1.78. The van der Waals surface area contributed by atoms with Crippen LogP contribution in [0.25, 0.3) is 55.5 Å². The summed E-state index contributed by atoms with van der Waals surface area (Å²) in [4.78, 5) is 22.5. The van der Waals surface area contributed by atoms with Gasteiger partial charge in [0, 0.05) is 22.1 Å². The second-order valence-electron chi connectivity index (χ2n) is 11.5. The fourth-order valence-corrected chi connectivity index (χ4v) is 5.62. The third kappa shape index (κ3) is 3.95. The van der Waals surface area contributed by atoms with Crippen molar-refractivity contribution >= 4 is 55.5 Å². The van der Waals surface area contributed by atoms with Crippen LogP contribution in [0.3, 0.4) is 0 Å². The van der Waals surface area contributed by atoms with Crippen LogP contribution in [0.1, 0.15) is 98.0 Å². The van der Waals surface area contributed by atoms with Gasteiger partial charge in [0.15, 0.2) is 0 Å². The van der Waals surface area contributed by atoms with Crippen LogP contribution in [0.5, 0.6) is 0 Å². The maximum Gasteiger partial charge on any atom is 0.0691 e. The summed E-state index contributed by atoms with van der Waals surface area (Å²) in [7, 11) is 0. The molecule has 5 nitrogen and oxygen atoms in total. The first-order valence-corrected chi connectivity index (χ1v) is 14.0. The lowest BCUT2D eigenvalue weighted by molar-refractivity contribution is 1.23. The summed E-state index contributed by atoms with van der Waals surface area (Å²) >= 11 is 0. The molecule has 3 aromatic rings. The zero-order valence-corrected chi connectivity index (χ0v) is 25.2. The van der Waals surface area contributed by atoms with Gasteiger partial charge < -0.3 is 9.97 Å². The molecule has 2 N–H and O–H groups in total. The largest absolute Gasteiger partial charge is 0.355 e. The van der Waals surface area contributed by atoms with Crippen molar-refractivity contribution in [2.75, 3.05) is 0 Å². The van der Waals surface area contributed by atoms with E-state index in [1.807, 2.05) is 0 Å². The fourth-order valence-electron chi connectivity index (χ4n) is 5.62. The van der Waals surface area contributed by atoms with Crippen LogP contribution in [0.15, 0.2) is 30.3 Å². The van der Waals surface area contributed by atoms with E-state index in [9.17, 15) is 0 Å². The molecule has 0 aromatic carbocycles. The Labute approximate surface area is 236 Å². The zero-order chi connectivity index (χ0) is 28.6. The molecule has 3 aliphatic heterocycles. The van der Waals surface area contributed by atoms with E-state index in [1.54, 1.807) is 0 Å². The first kappa shape index (κ1) is 26.0. The van der Waals surface area contributed by atoms with E-state index in [0.717, 1.165) is 56.2 Å². The van der Waals surface area contributed by atoms with Crippen LogP contribution < -0.4 is 0 Å². The smallest absolute Gasteiger partial charge is 0.0691 e. The quantitative estimate of drug-likeness (QED) is 0.306. The van der Waals surface area contributed by atoms with Gasteiger partial charge in [0.2, 0.25) is 0 Å². The summed E-state index contributed by atoms with van der Waals surface area (Å²) < 4.78 is 0. The van der Waals surface area contributed by atoms with E-state index in [4.69, 9.17) is 15.0 Å². The molecule has 0 amide bonds. The van der Waals surface area contributed by atoms with Crippen molar-refractivity contribution in [1.29, 1.82) is 0 Å². The summed E-state index contributed by atoms with van der Waals surface area (Å²) in [5.74, 6) is 0. The van der Waals surface area contributed by atoms with Gasteiger partial charge in [-0.25, -0.2) is 15.0 Å². The highest BCUT2D eigenvalue weighted by Crippen LogP contribution is 2.35. The second-order valence-corrected chi connectivity index (χ2v) is 11.5. The number of aromatic nitrogens is 5. The van der Waals surface area contributed by atoms with Gasteiger partial charge >= 0.3 is 0 Å². The number of rotatable bonds is 0. The molecule has 3 aliphatic rings. The van der Waals surface area contributed by atoms with Gasteiger partial charge in [-0.2, -0.15) is 0 Å². The van der Waals surface area contributed by atoms with E-state index in [0.29, 0.717) is 0 Å². The fraction of sp³-hybridized carbons (Fsp3) is 0.286. The van der Waals surface area contributed by atoms with Crippen LogP contribution in [0, 0.1) is 27.7 Å². The van der Waals surface area contributed by atoms with E-state index < -0.39 is 0 Å². The molecule has 40 heavy (non-hydrogen) atoms. The van der Waals surface area contributed by atoms with Crippen molar-refractivity contribution in [2.24, 2.45) is 0 Å². The Morgan fingerprint density at radius 1 is 0.325 bits per heavy atom. The molecule has 0 aliphatic carbocycles. The normalized spacial score (nSPS) is 14.4. The SMILES string of the molecule is CC1=C(C)c2cc3nc(cc4[nH]c(cc5[nH]c(cc6nc(cc1n2)C(C)=C6C)c(C)c5C)c(C)c4C)C(C)=C3C. The third-order valence-corrected chi connectivity index (χ3v) is 9.39. The maximum absolute atomic E-state index is 5.07. The Morgan fingerprint density at radius 2 is 0.550 bits per heavy atom. The summed E-state index contributed by atoms with van der Waals surface area (Å²) in [6, 6.07) is 10.9. The maximum atomic E-state index is 5.07. The molecule has 202 valence electrons. The van der Waals surface area contributed by atoms with Crippen LogP contribution in [0.2, 0.25) is 0 Å². The van der Waals surface area contributed by atoms with Crippen molar-refractivity contribution < 1.29 is 0 Å². The topological polar surface area (TPSA) is 70.2 Å². The highest BCUT2D eigenvalue weighted by atomic mass is 14.8. The molecular weight excluding hydrogens is 490 g/mol. The van der Waals surface area contributed by atoms with Crippen molar-refractivity contribution in [3.63, 3.8) is 0 Å². The minimum absolute atomic E-state index is 0.965. The average molecular weight is 528 g/mol. The van der Waals surface area contributed by atoms with Gasteiger partial charge in [0.05, 0.1) is 34.2 Å². The first-order chi connectivity index (χ1) is 18.9. The number of aryl methyl sites for hydroxylation is 4. The molecular formula is C35H37N5. The number of allylic oxidation sites excluding steroid dienone is 6. The Morgan fingerprint density at radius 3 is 0.825 bits per heavy atom. The molecule has 0 saturated carbocycles. The molecule has 0 fully saturated rings. The van der Waals surface area contributed by atoms with Crippen LogP contribution in [-0.4, -0.2) is 24.9 Å². The second kappa shape index (κ2) is 9.16. The number of H-pyrrole nitrogens is 2. The van der Waals surface area contributed by atoms with Crippen molar-refractivity contribution in [3.05, 3.63) is 86.7 Å². The van der Waals surface area contributed by atoms with Gasteiger partial charge in [-0.05, 0) is 155 Å². The number of hydrogen-bond acceptors (Lipinski definition) is 3.